The van der Waals surface area contributed by atoms with Gasteiger partial charge in [-0.15, -0.1) is 11.3 Å². The molecule has 3 N–H and O–H groups in total. The number of nitrogens with two attached hydrogens (primary N) is 1. The van der Waals surface area contributed by atoms with E-state index in [1.54, 1.807) is 17.4 Å². The molecule has 2 aromatic heterocycles. The van der Waals surface area contributed by atoms with E-state index >= 15 is 0 Å². The van der Waals surface area contributed by atoms with Crippen LogP contribution in [0.2, 0.25) is 0 Å². The minimum absolute atomic E-state index is 0.0934. The average Bonchev–Trinajstić information content (AvgIpc) is 2.74. The van der Waals surface area contributed by atoms with E-state index in [1.807, 2.05) is 12.3 Å². The maximum atomic E-state index is 5.87. The van der Waals surface area contributed by atoms with Gasteiger partial charge in [0, 0.05) is 22.6 Å². The zero-order valence-electron chi connectivity index (χ0n) is 12.6. The molecule has 0 bridgehead atoms. The molecule has 2 rings (SSSR count). The number of aryl methyl sites for hydroxylation is 1. The van der Waals surface area contributed by atoms with Gasteiger partial charge in [-0.3, -0.25) is 0 Å². The Morgan fingerprint density at radius 3 is 2.50 bits per heavy atom. The molecule has 0 aromatic carbocycles. The second-order valence-corrected chi connectivity index (χ2v) is 6.83. The van der Waals surface area contributed by atoms with Crippen LogP contribution in [0, 0.1) is 6.92 Å². The quantitative estimate of drug-likeness (QED) is 0.907. The first-order chi connectivity index (χ1) is 9.25. The van der Waals surface area contributed by atoms with Crippen LogP contribution in [0.3, 0.4) is 0 Å². The van der Waals surface area contributed by atoms with Gasteiger partial charge in [0.25, 0.3) is 0 Å². The van der Waals surface area contributed by atoms with Crippen LogP contribution in [0.1, 0.15) is 50.3 Å². The molecule has 2 heterocycles. The number of nitrogen functional groups attached to an aromatic ring is 1. The number of rotatable bonds is 3. The van der Waals surface area contributed by atoms with Crippen molar-refractivity contribution in [1.82, 2.24) is 15.0 Å². The summed E-state index contributed by atoms with van der Waals surface area (Å²) in [6, 6.07) is 1.85. The monoisotopic (exact) mass is 291 g/mol. The van der Waals surface area contributed by atoms with Crippen molar-refractivity contribution in [3.63, 3.8) is 0 Å². The van der Waals surface area contributed by atoms with E-state index in [9.17, 15) is 0 Å². The Morgan fingerprint density at radius 1 is 1.25 bits per heavy atom. The highest BCUT2D eigenvalue weighted by Gasteiger charge is 2.19. The SMILES string of the molecule is Cc1csc(C(C)Nc2cc(N)nc(C(C)(C)C)n2)n1. The minimum atomic E-state index is -0.132. The first-order valence-corrected chi connectivity index (χ1v) is 7.47. The number of aromatic nitrogens is 3. The summed E-state index contributed by atoms with van der Waals surface area (Å²) in [5, 5.41) is 6.42. The molecule has 0 aliphatic carbocycles. The lowest BCUT2D eigenvalue weighted by Gasteiger charge is -2.19. The van der Waals surface area contributed by atoms with Crippen LogP contribution >= 0.6 is 11.3 Å². The molecule has 5 nitrogen and oxygen atoms in total. The summed E-state index contributed by atoms with van der Waals surface area (Å²) in [6.45, 7) is 10.3. The predicted molar refractivity (Wildman–Crippen MR) is 84.0 cm³/mol. The Balaban J connectivity index is 2.23. The molecule has 0 fully saturated rings. The molecule has 0 aliphatic rings. The lowest BCUT2D eigenvalue weighted by atomic mass is 9.96. The summed E-state index contributed by atoms with van der Waals surface area (Å²) < 4.78 is 0. The summed E-state index contributed by atoms with van der Waals surface area (Å²) in [4.78, 5) is 13.3. The van der Waals surface area contributed by atoms with Crippen LogP contribution in [-0.4, -0.2) is 15.0 Å². The average molecular weight is 291 g/mol. The second-order valence-electron chi connectivity index (χ2n) is 5.94. The highest BCUT2D eigenvalue weighted by molar-refractivity contribution is 7.09. The van der Waals surface area contributed by atoms with Crippen LogP contribution in [0.5, 0.6) is 0 Å². The third kappa shape index (κ3) is 3.45. The van der Waals surface area contributed by atoms with E-state index in [1.165, 1.54) is 0 Å². The number of nitrogens with zero attached hydrogens (tertiary/aromatic N) is 3. The fraction of sp³-hybridized carbons (Fsp3) is 0.500. The third-order valence-corrected chi connectivity index (χ3v) is 3.93. The van der Waals surface area contributed by atoms with Gasteiger partial charge in [-0.25, -0.2) is 15.0 Å². The lowest BCUT2D eigenvalue weighted by molar-refractivity contribution is 0.546. The highest BCUT2D eigenvalue weighted by Crippen LogP contribution is 2.25. The molecule has 0 saturated carbocycles. The van der Waals surface area contributed by atoms with Crippen molar-refractivity contribution < 1.29 is 0 Å². The molecule has 6 heteroatoms. The minimum Gasteiger partial charge on any atom is -0.384 e. The molecule has 0 saturated heterocycles. The lowest BCUT2D eigenvalue weighted by Crippen LogP contribution is -2.19. The van der Waals surface area contributed by atoms with Gasteiger partial charge in [-0.2, -0.15) is 0 Å². The second kappa shape index (κ2) is 5.36. The summed E-state index contributed by atoms with van der Waals surface area (Å²) in [5.74, 6) is 1.96. The van der Waals surface area contributed by atoms with Gasteiger partial charge in [-0.1, -0.05) is 20.8 Å². The zero-order chi connectivity index (χ0) is 14.9. The Morgan fingerprint density at radius 2 is 1.95 bits per heavy atom. The molecule has 0 radical (unpaired) electrons. The van der Waals surface area contributed by atoms with Crippen molar-refractivity contribution in [3.05, 3.63) is 28.0 Å². The van der Waals surface area contributed by atoms with Crippen LogP contribution in [0.15, 0.2) is 11.4 Å². The fourth-order valence-corrected chi connectivity index (χ4v) is 2.53. The fourth-order valence-electron chi connectivity index (χ4n) is 1.73. The highest BCUT2D eigenvalue weighted by atomic mass is 32.1. The molecular weight excluding hydrogens is 270 g/mol. The molecule has 0 aliphatic heterocycles. The van der Waals surface area contributed by atoms with Gasteiger partial charge in [-0.05, 0) is 13.8 Å². The molecule has 20 heavy (non-hydrogen) atoms. The normalized spacial score (nSPS) is 13.2. The van der Waals surface area contributed by atoms with Crippen molar-refractivity contribution >= 4 is 23.0 Å². The predicted octanol–water partition coefficient (Wildman–Crippen LogP) is 3.29. The standard InChI is InChI=1S/C14H21N5S/c1-8-7-20-12(16-8)9(2)17-11-6-10(15)18-13(19-11)14(3,4)5/h6-7,9H,1-5H3,(H3,15,17,18,19). The molecule has 1 unspecified atom stereocenters. The van der Waals surface area contributed by atoms with E-state index in [0.717, 1.165) is 22.3 Å². The first-order valence-electron chi connectivity index (χ1n) is 6.59. The van der Waals surface area contributed by atoms with Gasteiger partial charge >= 0.3 is 0 Å². The Bertz CT molecular complexity index is 600. The Labute approximate surface area is 123 Å². The van der Waals surface area contributed by atoms with Gasteiger partial charge in [0.15, 0.2) is 0 Å². The molecule has 108 valence electrons. The number of thiazole rings is 1. The van der Waals surface area contributed by atoms with Crippen molar-refractivity contribution in [2.45, 2.75) is 46.1 Å². The van der Waals surface area contributed by atoms with Gasteiger partial charge in [0.1, 0.15) is 22.5 Å². The van der Waals surface area contributed by atoms with E-state index < -0.39 is 0 Å². The molecule has 2 aromatic rings. The number of hydrogen-bond donors (Lipinski definition) is 2. The largest absolute Gasteiger partial charge is 0.384 e. The summed E-state index contributed by atoms with van der Waals surface area (Å²) in [6.07, 6.45) is 0. The van der Waals surface area contributed by atoms with Crippen LogP contribution in [0.25, 0.3) is 0 Å². The number of nitrogens with one attached hydrogen (secondary N) is 1. The zero-order valence-corrected chi connectivity index (χ0v) is 13.4. The number of anilines is 2. The molecule has 0 spiro atoms. The van der Waals surface area contributed by atoms with Crippen molar-refractivity contribution in [2.24, 2.45) is 0 Å². The topological polar surface area (TPSA) is 76.7 Å². The van der Waals surface area contributed by atoms with Crippen molar-refractivity contribution in [2.75, 3.05) is 11.1 Å². The first kappa shape index (κ1) is 14.7. The Kier molecular flexibility index (Phi) is 3.94. The smallest absolute Gasteiger partial charge is 0.138 e. The maximum Gasteiger partial charge on any atom is 0.138 e. The van der Waals surface area contributed by atoms with E-state index in [0.29, 0.717) is 5.82 Å². The number of hydrogen-bond acceptors (Lipinski definition) is 6. The van der Waals surface area contributed by atoms with E-state index in [-0.39, 0.29) is 11.5 Å². The van der Waals surface area contributed by atoms with E-state index in [2.05, 4.69) is 48.0 Å². The van der Waals surface area contributed by atoms with Gasteiger partial charge < -0.3 is 11.1 Å². The van der Waals surface area contributed by atoms with Crippen molar-refractivity contribution in [3.8, 4) is 0 Å². The van der Waals surface area contributed by atoms with Crippen LogP contribution in [-0.2, 0) is 5.41 Å². The van der Waals surface area contributed by atoms with Crippen molar-refractivity contribution in [1.29, 1.82) is 0 Å². The third-order valence-electron chi connectivity index (χ3n) is 2.79. The molecule has 1 atom stereocenters. The van der Waals surface area contributed by atoms with Gasteiger partial charge in [0.2, 0.25) is 0 Å². The summed E-state index contributed by atoms with van der Waals surface area (Å²) in [7, 11) is 0. The van der Waals surface area contributed by atoms with Crippen LogP contribution < -0.4 is 11.1 Å². The molecule has 0 amide bonds. The van der Waals surface area contributed by atoms with E-state index in [4.69, 9.17) is 5.73 Å². The van der Waals surface area contributed by atoms with Gasteiger partial charge in [0.05, 0.1) is 6.04 Å². The Hall–Kier alpha value is -1.69. The molecular formula is C14H21N5S. The summed E-state index contributed by atoms with van der Waals surface area (Å²) >= 11 is 1.64. The maximum absolute atomic E-state index is 5.87. The summed E-state index contributed by atoms with van der Waals surface area (Å²) in [5.41, 5.74) is 6.78. The van der Waals surface area contributed by atoms with Crippen LogP contribution in [0.4, 0.5) is 11.6 Å².